The second-order valence-corrected chi connectivity index (χ2v) is 9.02. The van der Waals surface area contributed by atoms with E-state index in [4.69, 9.17) is 0 Å². The van der Waals surface area contributed by atoms with Crippen molar-refractivity contribution in [3.8, 4) is 0 Å². The van der Waals surface area contributed by atoms with Crippen molar-refractivity contribution in [3.05, 3.63) is 59.7 Å². The summed E-state index contributed by atoms with van der Waals surface area (Å²) in [6.07, 6.45) is 2.56. The molecular formula is C25H33N3O. The van der Waals surface area contributed by atoms with Crippen LogP contribution in [-0.4, -0.2) is 43.5 Å². The third-order valence-electron chi connectivity index (χ3n) is 6.50. The van der Waals surface area contributed by atoms with Gasteiger partial charge in [-0.05, 0) is 67.1 Å². The molecule has 0 aliphatic carbocycles. The summed E-state index contributed by atoms with van der Waals surface area (Å²) in [5.74, 6) is 1.41. The summed E-state index contributed by atoms with van der Waals surface area (Å²) >= 11 is 0. The Labute approximate surface area is 174 Å². The predicted octanol–water partition coefficient (Wildman–Crippen LogP) is 4.52. The molecule has 1 amide bonds. The van der Waals surface area contributed by atoms with Gasteiger partial charge in [0, 0.05) is 43.5 Å². The number of nitrogens with one attached hydrogen (secondary N) is 1. The van der Waals surface area contributed by atoms with Gasteiger partial charge < -0.3 is 15.1 Å². The smallest absolute Gasteiger partial charge is 0.224 e. The van der Waals surface area contributed by atoms with E-state index >= 15 is 0 Å². The van der Waals surface area contributed by atoms with Crippen LogP contribution in [0.5, 0.6) is 0 Å². The van der Waals surface area contributed by atoms with Gasteiger partial charge in [-0.3, -0.25) is 4.79 Å². The summed E-state index contributed by atoms with van der Waals surface area (Å²) in [5, 5.41) is 3.05. The molecular weight excluding hydrogens is 358 g/mol. The zero-order chi connectivity index (χ0) is 20.4. The van der Waals surface area contributed by atoms with Gasteiger partial charge in [-0.25, -0.2) is 0 Å². The van der Waals surface area contributed by atoms with E-state index in [9.17, 15) is 4.79 Å². The molecule has 29 heavy (non-hydrogen) atoms. The number of rotatable bonds is 6. The van der Waals surface area contributed by atoms with E-state index in [0.717, 1.165) is 31.1 Å². The van der Waals surface area contributed by atoms with Gasteiger partial charge in [0.25, 0.3) is 0 Å². The molecule has 2 atom stereocenters. The van der Waals surface area contributed by atoms with Gasteiger partial charge in [0.05, 0.1) is 0 Å². The second-order valence-electron chi connectivity index (χ2n) is 9.02. The van der Waals surface area contributed by atoms with E-state index in [-0.39, 0.29) is 5.91 Å². The Hall–Kier alpha value is -2.33. The van der Waals surface area contributed by atoms with Crippen molar-refractivity contribution in [3.63, 3.8) is 0 Å². The molecule has 2 aliphatic heterocycles. The highest BCUT2D eigenvalue weighted by atomic mass is 16.1. The summed E-state index contributed by atoms with van der Waals surface area (Å²) in [4.78, 5) is 17.3. The normalized spacial score (nSPS) is 21.6. The zero-order valence-electron chi connectivity index (χ0n) is 17.9. The Morgan fingerprint density at radius 2 is 1.79 bits per heavy atom. The monoisotopic (exact) mass is 391 g/mol. The van der Waals surface area contributed by atoms with Crippen molar-refractivity contribution in [1.82, 2.24) is 4.90 Å². The number of benzene rings is 2. The number of hydrogen-bond acceptors (Lipinski definition) is 3. The number of aryl methyl sites for hydroxylation is 1. The molecule has 0 unspecified atom stereocenters. The minimum absolute atomic E-state index is 0.0735. The molecule has 4 heteroatoms. The molecule has 2 aromatic rings. The molecule has 2 aliphatic rings. The van der Waals surface area contributed by atoms with Crippen LogP contribution in [0.15, 0.2) is 48.5 Å². The van der Waals surface area contributed by atoms with Crippen LogP contribution in [0.1, 0.15) is 43.7 Å². The fourth-order valence-electron chi connectivity index (χ4n) is 4.78. The number of nitrogens with zero attached hydrogens (tertiary/aromatic N) is 2. The Morgan fingerprint density at radius 3 is 2.48 bits per heavy atom. The summed E-state index contributed by atoms with van der Waals surface area (Å²) in [7, 11) is 2.22. The lowest BCUT2D eigenvalue weighted by Gasteiger charge is -2.26. The number of amides is 1. The lowest BCUT2D eigenvalue weighted by molar-refractivity contribution is -0.116. The molecule has 0 spiro atoms. The molecule has 2 aromatic carbocycles. The molecule has 2 fully saturated rings. The van der Waals surface area contributed by atoms with Crippen molar-refractivity contribution in [2.75, 3.05) is 36.9 Å². The average Bonchev–Trinajstić information content (AvgIpc) is 3.26. The minimum atomic E-state index is 0.0735. The molecule has 1 N–H and O–H groups in total. The lowest BCUT2D eigenvalue weighted by Crippen LogP contribution is -2.34. The van der Waals surface area contributed by atoms with Crippen LogP contribution >= 0.6 is 0 Å². The fraction of sp³-hybridized carbons (Fsp3) is 0.480. The van der Waals surface area contributed by atoms with Crippen molar-refractivity contribution in [2.24, 2.45) is 5.92 Å². The molecule has 154 valence electrons. The first-order valence-corrected chi connectivity index (χ1v) is 10.9. The predicted molar refractivity (Wildman–Crippen MR) is 121 cm³/mol. The first kappa shape index (κ1) is 20.0. The summed E-state index contributed by atoms with van der Waals surface area (Å²) in [5.41, 5.74) is 4.71. The number of carbonyl (C=O) groups is 1. The zero-order valence-corrected chi connectivity index (χ0v) is 17.9. The van der Waals surface area contributed by atoms with Crippen LogP contribution < -0.4 is 10.2 Å². The Morgan fingerprint density at radius 1 is 1.07 bits per heavy atom. The quantitative estimate of drug-likeness (QED) is 0.786. The third-order valence-corrected chi connectivity index (χ3v) is 6.50. The topological polar surface area (TPSA) is 35.6 Å². The third kappa shape index (κ3) is 4.64. The maximum Gasteiger partial charge on any atom is 0.224 e. The number of fused-ring (bicyclic) bond motifs is 1. The first-order chi connectivity index (χ1) is 14.0. The van der Waals surface area contributed by atoms with Gasteiger partial charge in [0.15, 0.2) is 0 Å². The average molecular weight is 392 g/mol. The molecule has 0 bridgehead atoms. The van der Waals surface area contributed by atoms with Gasteiger partial charge >= 0.3 is 0 Å². The molecule has 2 saturated heterocycles. The largest absolute Gasteiger partial charge is 0.367 e. The number of anilines is 2. The number of carbonyl (C=O) groups excluding carboxylic acids is 1. The SMILES string of the molecule is CC(C)c1ccc(CCC(=O)Nc2ccc(N3CC[C@H]4CN(C)C[C@H]43)cc2)cc1. The summed E-state index contributed by atoms with van der Waals surface area (Å²) in [6.45, 7) is 7.91. The Balaban J connectivity index is 1.29. The van der Waals surface area contributed by atoms with Gasteiger partial charge in [0.2, 0.25) is 5.91 Å². The van der Waals surface area contributed by atoms with Gasteiger partial charge in [0.1, 0.15) is 0 Å². The van der Waals surface area contributed by atoms with Crippen LogP contribution in [0, 0.1) is 5.92 Å². The van der Waals surface area contributed by atoms with E-state index in [1.54, 1.807) is 0 Å². The Kier molecular flexibility index (Phi) is 5.91. The van der Waals surface area contributed by atoms with E-state index < -0.39 is 0 Å². The van der Waals surface area contributed by atoms with Crippen molar-refractivity contribution in [1.29, 1.82) is 0 Å². The number of likely N-dealkylation sites (tertiary alicyclic amines) is 1. The highest BCUT2D eigenvalue weighted by Crippen LogP contribution is 2.34. The summed E-state index contributed by atoms with van der Waals surface area (Å²) in [6, 6.07) is 17.6. The van der Waals surface area contributed by atoms with Gasteiger partial charge in [-0.15, -0.1) is 0 Å². The fourth-order valence-corrected chi connectivity index (χ4v) is 4.78. The van der Waals surface area contributed by atoms with Crippen molar-refractivity contribution in [2.45, 2.75) is 45.1 Å². The number of hydrogen-bond donors (Lipinski definition) is 1. The van der Waals surface area contributed by atoms with Crippen molar-refractivity contribution < 1.29 is 4.79 Å². The van der Waals surface area contributed by atoms with Crippen LogP contribution in [0.25, 0.3) is 0 Å². The van der Waals surface area contributed by atoms with E-state index in [0.29, 0.717) is 18.4 Å². The van der Waals surface area contributed by atoms with Crippen LogP contribution in [0.3, 0.4) is 0 Å². The maximum atomic E-state index is 12.4. The number of likely N-dealkylation sites (N-methyl/N-ethyl adjacent to an activating group) is 1. The molecule has 0 radical (unpaired) electrons. The highest BCUT2D eigenvalue weighted by molar-refractivity contribution is 5.91. The molecule has 4 rings (SSSR count). The van der Waals surface area contributed by atoms with Crippen molar-refractivity contribution >= 4 is 17.3 Å². The highest BCUT2D eigenvalue weighted by Gasteiger charge is 2.39. The Bertz CT molecular complexity index is 828. The standard InChI is InChI=1S/C25H33N3O/c1-18(2)20-7-4-19(5-8-20)6-13-25(29)26-22-9-11-23(12-10-22)28-15-14-21-16-27(3)17-24(21)28/h4-5,7-12,18,21,24H,6,13-17H2,1-3H3,(H,26,29)/t21-,24+/m0/s1. The molecule has 0 saturated carbocycles. The summed E-state index contributed by atoms with van der Waals surface area (Å²) < 4.78 is 0. The van der Waals surface area contributed by atoms with Gasteiger partial charge in [-0.1, -0.05) is 38.1 Å². The van der Waals surface area contributed by atoms with Gasteiger partial charge in [-0.2, -0.15) is 0 Å². The molecule has 0 aromatic heterocycles. The van der Waals surface area contributed by atoms with Crippen LogP contribution in [0.4, 0.5) is 11.4 Å². The van der Waals surface area contributed by atoms with Crippen LogP contribution in [0.2, 0.25) is 0 Å². The van der Waals surface area contributed by atoms with E-state index in [1.807, 2.05) is 12.1 Å². The molecule has 4 nitrogen and oxygen atoms in total. The maximum absolute atomic E-state index is 12.4. The van der Waals surface area contributed by atoms with E-state index in [2.05, 4.69) is 72.4 Å². The minimum Gasteiger partial charge on any atom is -0.367 e. The first-order valence-electron chi connectivity index (χ1n) is 10.9. The lowest BCUT2D eigenvalue weighted by atomic mass is 10.0. The second kappa shape index (κ2) is 8.58. The van der Waals surface area contributed by atoms with Crippen LogP contribution in [-0.2, 0) is 11.2 Å². The molecule has 2 heterocycles. The van der Waals surface area contributed by atoms with E-state index in [1.165, 1.54) is 29.8 Å².